The lowest BCUT2D eigenvalue weighted by molar-refractivity contribution is -0.151. The van der Waals surface area contributed by atoms with Crippen LogP contribution in [0.1, 0.15) is 41.5 Å². The van der Waals surface area contributed by atoms with E-state index < -0.39 is 31.3 Å². The van der Waals surface area contributed by atoms with Crippen LogP contribution < -0.4 is 21.2 Å². The van der Waals surface area contributed by atoms with Crippen molar-refractivity contribution in [3.63, 3.8) is 0 Å². The first-order valence-electron chi connectivity index (χ1n) is 12.8. The molecule has 0 aliphatic rings. The van der Waals surface area contributed by atoms with Gasteiger partial charge in [-0.15, -0.1) is 6.58 Å². The zero-order valence-electron chi connectivity index (χ0n) is 23.5. The second-order valence-electron chi connectivity index (χ2n) is 9.57. The average Bonchev–Trinajstić information content (AvgIpc) is 3.25. The lowest BCUT2D eigenvalue weighted by Crippen LogP contribution is -2.40. The largest absolute Gasteiger partial charge is 0.463 e. The number of carbonyl (C=O) groups excluding carboxylic acids is 2. The molecule has 0 bridgehead atoms. The summed E-state index contributed by atoms with van der Waals surface area (Å²) in [7, 11) is -3.50. The maximum Gasteiger partial charge on any atom is 0.323 e. The number of esters is 2. The molecule has 0 fully saturated rings. The Morgan fingerprint density at radius 3 is 2.44 bits per heavy atom. The molecule has 3 unspecified atom stereocenters. The van der Waals surface area contributed by atoms with Crippen LogP contribution in [0.2, 0.25) is 0 Å². The van der Waals surface area contributed by atoms with Gasteiger partial charge in [-0.1, -0.05) is 13.0 Å². The van der Waals surface area contributed by atoms with Crippen LogP contribution in [0.3, 0.4) is 0 Å². The number of hydrogen-bond acceptors (Lipinski definition) is 11. The molecule has 0 radical (unpaired) electrons. The van der Waals surface area contributed by atoms with Gasteiger partial charge in [0.25, 0.3) is 0 Å². The summed E-state index contributed by atoms with van der Waals surface area (Å²) >= 11 is 0. The number of nitrogens with two attached hydrogens (primary N) is 1. The third-order valence-electron chi connectivity index (χ3n) is 5.16. The average molecular weight is 569 g/mol. The quantitative estimate of drug-likeness (QED) is 0.0944. The lowest BCUT2D eigenvalue weighted by atomic mass is 10.2. The van der Waals surface area contributed by atoms with Crippen molar-refractivity contribution >= 4 is 42.3 Å². The molecule has 3 atom stereocenters. The molecule has 0 spiro atoms. The Hall–Kier alpha value is -3.06. The predicted molar refractivity (Wildman–Crippen MR) is 149 cm³/mol. The summed E-state index contributed by atoms with van der Waals surface area (Å²) in [5, 5.41) is 8.78. The van der Waals surface area contributed by atoms with Crippen molar-refractivity contribution < 1.29 is 28.4 Å². The number of nitrogen functional groups attached to an aromatic ring is 1. The Morgan fingerprint density at radius 1 is 1.13 bits per heavy atom. The summed E-state index contributed by atoms with van der Waals surface area (Å²) in [6, 6.07) is -0.883. The molecule has 39 heavy (non-hydrogen) atoms. The van der Waals surface area contributed by atoms with Crippen molar-refractivity contribution in [3.8, 4) is 0 Å². The van der Waals surface area contributed by atoms with E-state index in [9.17, 15) is 14.2 Å². The molecular weight excluding hydrogens is 527 g/mol. The number of fused-ring (bicyclic) bond motifs is 1. The summed E-state index contributed by atoms with van der Waals surface area (Å²) in [5.74, 6) is -0.981. The number of aromatic nitrogens is 4. The topological polar surface area (TPSA) is 185 Å². The molecule has 0 saturated carbocycles. The van der Waals surface area contributed by atoms with E-state index in [1.165, 1.54) is 0 Å². The van der Waals surface area contributed by atoms with Crippen molar-refractivity contribution in [2.45, 2.75) is 66.3 Å². The molecule has 15 heteroatoms. The number of nitrogens with zero attached hydrogens (tertiary/aromatic N) is 4. The van der Waals surface area contributed by atoms with Gasteiger partial charge in [-0.2, -0.15) is 9.97 Å². The standard InChI is InChI=1S/C24H41N8O6P/c1-8-9-26-20-19-21(30-24(25)29-20)32(13-27-19)10-11-36-14-39(35,31-18(7)23(34)38-16(4)5)28-12-17(6)22(33)37-15(2)3/h8,13,15-18H,1,9-12,14H2,2-7H3,(H2,28,31,35)(H3,25,26,29,30). The van der Waals surface area contributed by atoms with E-state index in [1.807, 2.05) is 0 Å². The van der Waals surface area contributed by atoms with Crippen LogP contribution in [-0.4, -0.2) is 75.8 Å². The Kier molecular flexibility index (Phi) is 12.3. The summed E-state index contributed by atoms with van der Waals surface area (Å²) in [6.07, 6.45) is 2.42. The summed E-state index contributed by atoms with van der Waals surface area (Å²) in [5.41, 5.74) is 6.91. The maximum atomic E-state index is 13.7. The first kappa shape index (κ1) is 32.2. The maximum absolute atomic E-state index is 13.7. The van der Waals surface area contributed by atoms with Gasteiger partial charge in [-0.3, -0.25) is 19.2 Å². The van der Waals surface area contributed by atoms with Crippen LogP contribution in [0.15, 0.2) is 19.0 Å². The third kappa shape index (κ3) is 10.2. The molecule has 2 aromatic heterocycles. The molecule has 5 N–H and O–H groups in total. The highest BCUT2D eigenvalue weighted by Crippen LogP contribution is 2.37. The van der Waals surface area contributed by atoms with E-state index in [0.717, 1.165) is 0 Å². The van der Waals surface area contributed by atoms with Gasteiger partial charge in [0.05, 0.1) is 31.1 Å². The first-order valence-corrected chi connectivity index (χ1v) is 14.7. The summed E-state index contributed by atoms with van der Waals surface area (Å²) in [4.78, 5) is 37.4. The lowest BCUT2D eigenvalue weighted by Gasteiger charge is -2.25. The van der Waals surface area contributed by atoms with E-state index in [4.69, 9.17) is 19.9 Å². The van der Waals surface area contributed by atoms with Gasteiger partial charge in [-0.05, 0) is 34.6 Å². The number of rotatable bonds is 17. The zero-order chi connectivity index (χ0) is 29.2. The van der Waals surface area contributed by atoms with Crippen LogP contribution in [0, 0.1) is 5.92 Å². The fourth-order valence-electron chi connectivity index (χ4n) is 3.32. The van der Waals surface area contributed by atoms with Gasteiger partial charge in [0.2, 0.25) is 13.4 Å². The SMILES string of the molecule is C=CCNc1nc(N)nc2c1ncn2CCOCP(=O)(NCC(C)C(=O)OC(C)C)NC(C)C(=O)OC(C)C. The molecule has 218 valence electrons. The number of carbonyl (C=O) groups is 2. The van der Waals surface area contributed by atoms with Crippen molar-refractivity contribution in [1.29, 1.82) is 0 Å². The summed E-state index contributed by atoms with van der Waals surface area (Å²) < 4.78 is 31.7. The van der Waals surface area contributed by atoms with Gasteiger partial charge in [0.1, 0.15) is 12.4 Å². The highest BCUT2D eigenvalue weighted by molar-refractivity contribution is 7.59. The molecule has 2 aromatic rings. The second-order valence-corrected chi connectivity index (χ2v) is 11.9. The number of hydrogen-bond donors (Lipinski definition) is 4. The highest BCUT2D eigenvalue weighted by Gasteiger charge is 2.30. The number of nitrogens with one attached hydrogen (secondary N) is 3. The zero-order valence-corrected chi connectivity index (χ0v) is 24.4. The molecular formula is C24H41N8O6P. The van der Waals surface area contributed by atoms with Crippen LogP contribution >= 0.6 is 7.44 Å². The molecule has 0 aliphatic carbocycles. The molecule has 2 rings (SSSR count). The minimum Gasteiger partial charge on any atom is -0.463 e. The van der Waals surface area contributed by atoms with Gasteiger partial charge in [-0.25, -0.2) is 10.1 Å². The van der Waals surface area contributed by atoms with Crippen LogP contribution in [0.5, 0.6) is 0 Å². The number of anilines is 2. The van der Waals surface area contributed by atoms with Gasteiger partial charge in [0, 0.05) is 19.6 Å². The van der Waals surface area contributed by atoms with E-state index in [-0.39, 0.29) is 37.7 Å². The van der Waals surface area contributed by atoms with Crippen molar-refractivity contribution in [3.05, 3.63) is 19.0 Å². The van der Waals surface area contributed by atoms with Gasteiger partial charge >= 0.3 is 11.9 Å². The second kappa shape index (κ2) is 14.9. The molecule has 0 aliphatic heterocycles. The Labute approximate surface area is 228 Å². The normalized spacial score (nSPS) is 14.7. The van der Waals surface area contributed by atoms with Crippen molar-refractivity contribution in [2.75, 3.05) is 37.1 Å². The van der Waals surface area contributed by atoms with Crippen LogP contribution in [0.4, 0.5) is 11.8 Å². The van der Waals surface area contributed by atoms with Crippen LogP contribution in [0.25, 0.3) is 11.2 Å². The Morgan fingerprint density at radius 2 is 1.79 bits per heavy atom. The minimum atomic E-state index is -3.50. The molecule has 0 amide bonds. The van der Waals surface area contributed by atoms with Gasteiger partial charge < -0.3 is 29.8 Å². The fraction of sp³-hybridized carbons (Fsp3) is 0.625. The van der Waals surface area contributed by atoms with Crippen LogP contribution in [-0.2, 0) is 34.9 Å². The third-order valence-corrected chi connectivity index (χ3v) is 7.20. The van der Waals surface area contributed by atoms with Gasteiger partial charge in [0.15, 0.2) is 17.0 Å². The Balaban J connectivity index is 2.07. The molecule has 14 nitrogen and oxygen atoms in total. The summed E-state index contributed by atoms with van der Waals surface area (Å²) in [6.45, 7) is 14.9. The predicted octanol–water partition coefficient (Wildman–Crippen LogP) is 2.28. The van der Waals surface area contributed by atoms with E-state index >= 15 is 0 Å². The number of imidazole rings is 1. The molecule has 0 saturated heterocycles. The molecule has 0 aromatic carbocycles. The fourth-order valence-corrected chi connectivity index (χ4v) is 5.26. The minimum absolute atomic E-state index is 0.0496. The first-order chi connectivity index (χ1) is 18.3. The molecule has 2 heterocycles. The Bertz CT molecular complexity index is 1170. The van der Waals surface area contributed by atoms with Crippen molar-refractivity contribution in [1.82, 2.24) is 29.7 Å². The van der Waals surface area contributed by atoms with E-state index in [2.05, 4.69) is 37.0 Å². The van der Waals surface area contributed by atoms with E-state index in [0.29, 0.717) is 30.1 Å². The van der Waals surface area contributed by atoms with Crippen molar-refractivity contribution in [2.24, 2.45) is 5.92 Å². The highest BCUT2D eigenvalue weighted by atomic mass is 31.2. The number of ether oxygens (including phenoxy) is 3. The van der Waals surface area contributed by atoms with E-state index in [1.54, 1.807) is 58.5 Å². The monoisotopic (exact) mass is 568 g/mol. The smallest absolute Gasteiger partial charge is 0.323 e.